The molecule has 0 radical (unpaired) electrons. The highest BCUT2D eigenvalue weighted by Gasteiger charge is 2.41. The molecule has 0 bridgehead atoms. The van der Waals surface area contributed by atoms with E-state index in [-0.39, 0.29) is 5.41 Å². The molecule has 1 aliphatic heterocycles. The summed E-state index contributed by atoms with van der Waals surface area (Å²) in [4.78, 5) is 16.1. The molecule has 2 aromatic heterocycles. The van der Waals surface area contributed by atoms with Gasteiger partial charge in [-0.3, -0.25) is 0 Å². The molecular weight excluding hydrogens is 897 g/mol. The summed E-state index contributed by atoms with van der Waals surface area (Å²) in [6.45, 7) is 4.76. The van der Waals surface area contributed by atoms with Gasteiger partial charge in [-0.05, 0) is 120 Å². The van der Waals surface area contributed by atoms with Gasteiger partial charge in [0.15, 0.2) is 17.5 Å². The minimum atomic E-state index is -0.102. The quantitative estimate of drug-likeness (QED) is 0.160. The second-order valence-corrected chi connectivity index (χ2v) is 20.3. The summed E-state index contributed by atoms with van der Waals surface area (Å²) in [7, 11) is 0. The first-order valence-corrected chi connectivity index (χ1v) is 25.5. The maximum Gasteiger partial charge on any atom is 0.164 e. The second kappa shape index (κ2) is 16.3. The zero-order valence-electron chi connectivity index (χ0n) is 40.9. The van der Waals surface area contributed by atoms with Gasteiger partial charge in [0.1, 0.15) is 0 Å². The molecule has 0 saturated heterocycles. The van der Waals surface area contributed by atoms with Gasteiger partial charge >= 0.3 is 0 Å². The fraction of sp³-hybridized carbons (Fsp3) is 0.0429. The average molecular weight is 943 g/mol. The molecule has 346 valence electrons. The highest BCUT2D eigenvalue weighted by atomic mass is 15.0. The lowest BCUT2D eigenvalue weighted by Gasteiger charge is -2.23. The van der Waals surface area contributed by atoms with Crippen LogP contribution in [0, 0.1) is 0 Å². The average Bonchev–Trinajstić information content (AvgIpc) is 4.01. The topological polar surface area (TPSA) is 43.6 Å². The molecule has 15 rings (SSSR count). The number of aromatic nitrogens is 4. The maximum atomic E-state index is 5.41. The zero-order chi connectivity index (χ0) is 49.1. The van der Waals surface area contributed by atoms with Crippen LogP contribution in [-0.2, 0) is 5.41 Å². The van der Waals surface area contributed by atoms with Crippen LogP contribution in [0.15, 0.2) is 243 Å². The molecular formula is C70H46N4. The summed E-state index contributed by atoms with van der Waals surface area (Å²) in [5.41, 5.74) is 23.5. The van der Waals surface area contributed by atoms with E-state index in [1.165, 1.54) is 60.9 Å². The zero-order valence-corrected chi connectivity index (χ0v) is 40.9. The summed E-state index contributed by atoms with van der Waals surface area (Å²) in [6, 6.07) is 87.8. The van der Waals surface area contributed by atoms with Gasteiger partial charge in [0.2, 0.25) is 0 Å². The standard InChI is InChI=1S/C70H46N4/c1-70(2)60-29-16-27-57-56-34-32-48(42-63(56)74-62-30-13-12-26-55(62)58-35-36-61(70)65(64(57)60)66(58)74)47-31-33-54-49(37-47)24-15-28-59(54)69-72-67(50-25-14-23-46(38-50)43-17-6-3-7-18-43)71-68(73-69)53-40-51(44-19-8-4-9-20-44)39-52(41-53)45-21-10-5-11-22-45/h3-42H,1-2H3. The van der Waals surface area contributed by atoms with E-state index in [4.69, 9.17) is 15.0 Å². The highest BCUT2D eigenvalue weighted by Crippen LogP contribution is 2.58. The fourth-order valence-electron chi connectivity index (χ4n) is 12.2. The molecule has 13 aromatic rings. The monoisotopic (exact) mass is 942 g/mol. The molecule has 11 aromatic carbocycles. The number of benzene rings is 11. The maximum absolute atomic E-state index is 5.41. The number of fused-ring (bicyclic) bond motifs is 7. The van der Waals surface area contributed by atoms with Crippen molar-refractivity contribution in [2.45, 2.75) is 19.3 Å². The third-order valence-corrected chi connectivity index (χ3v) is 15.8. The lowest BCUT2D eigenvalue weighted by Crippen LogP contribution is -2.15. The van der Waals surface area contributed by atoms with E-state index in [0.29, 0.717) is 17.5 Å². The van der Waals surface area contributed by atoms with Crippen molar-refractivity contribution in [3.8, 4) is 107 Å². The molecule has 3 heterocycles. The van der Waals surface area contributed by atoms with Crippen LogP contribution in [0.5, 0.6) is 0 Å². The van der Waals surface area contributed by atoms with Gasteiger partial charge < -0.3 is 4.57 Å². The van der Waals surface area contributed by atoms with Crippen molar-refractivity contribution < 1.29 is 0 Å². The van der Waals surface area contributed by atoms with Gasteiger partial charge in [-0.25, -0.2) is 15.0 Å². The lowest BCUT2D eigenvalue weighted by molar-refractivity contribution is 0.661. The smallest absolute Gasteiger partial charge is 0.164 e. The molecule has 4 nitrogen and oxygen atoms in total. The van der Waals surface area contributed by atoms with Crippen molar-refractivity contribution >= 4 is 32.6 Å². The van der Waals surface area contributed by atoms with Crippen molar-refractivity contribution in [1.82, 2.24) is 19.5 Å². The van der Waals surface area contributed by atoms with E-state index < -0.39 is 0 Å². The summed E-state index contributed by atoms with van der Waals surface area (Å²) < 4.78 is 2.55. The van der Waals surface area contributed by atoms with Crippen LogP contribution in [0.1, 0.15) is 25.0 Å². The van der Waals surface area contributed by atoms with Crippen LogP contribution in [0.4, 0.5) is 0 Å². The van der Waals surface area contributed by atoms with Crippen molar-refractivity contribution in [2.75, 3.05) is 0 Å². The van der Waals surface area contributed by atoms with Crippen LogP contribution in [0.25, 0.3) is 139 Å². The number of rotatable bonds is 7. The Balaban J connectivity index is 0.902. The molecule has 2 aliphatic rings. The van der Waals surface area contributed by atoms with Crippen molar-refractivity contribution in [1.29, 1.82) is 0 Å². The van der Waals surface area contributed by atoms with Crippen LogP contribution >= 0.6 is 0 Å². The van der Waals surface area contributed by atoms with Crippen LogP contribution in [-0.4, -0.2) is 19.5 Å². The summed E-state index contributed by atoms with van der Waals surface area (Å²) >= 11 is 0. The predicted molar refractivity (Wildman–Crippen MR) is 306 cm³/mol. The Morgan fingerprint density at radius 3 is 1.59 bits per heavy atom. The molecule has 74 heavy (non-hydrogen) atoms. The second-order valence-electron chi connectivity index (χ2n) is 20.3. The SMILES string of the molecule is CC1(C)c2cccc3c2-c2c1ccc1c4ccccc4n(c21)-c1cc(-c2ccc4c(-c5nc(-c6cccc(-c7ccccc7)c6)nc(-c6cc(-c7ccccc7)cc(-c7ccccc7)c6)n5)cccc4c2)ccc1-3. The third kappa shape index (κ3) is 6.51. The molecule has 0 saturated carbocycles. The predicted octanol–water partition coefficient (Wildman–Crippen LogP) is 18.1. The van der Waals surface area contributed by atoms with Gasteiger partial charge in [-0.2, -0.15) is 0 Å². The Morgan fingerprint density at radius 2 is 0.838 bits per heavy atom. The molecule has 0 unspecified atom stereocenters. The number of hydrogen-bond donors (Lipinski definition) is 0. The van der Waals surface area contributed by atoms with Gasteiger partial charge in [0.25, 0.3) is 0 Å². The third-order valence-electron chi connectivity index (χ3n) is 15.8. The van der Waals surface area contributed by atoms with E-state index in [0.717, 1.165) is 72.0 Å². The van der Waals surface area contributed by atoms with E-state index in [1.54, 1.807) is 0 Å². The summed E-state index contributed by atoms with van der Waals surface area (Å²) in [5, 5.41) is 4.75. The van der Waals surface area contributed by atoms with Crippen molar-refractivity contribution in [3.63, 3.8) is 0 Å². The van der Waals surface area contributed by atoms with E-state index in [1.807, 2.05) is 0 Å². The first kappa shape index (κ1) is 42.2. The Bertz CT molecular complexity index is 4380. The molecule has 0 amide bonds. The minimum absolute atomic E-state index is 0.102. The fourth-order valence-corrected chi connectivity index (χ4v) is 12.2. The van der Waals surface area contributed by atoms with Crippen LogP contribution in [0.2, 0.25) is 0 Å². The highest BCUT2D eigenvalue weighted by molar-refractivity contribution is 6.19. The lowest BCUT2D eigenvalue weighted by atomic mass is 9.81. The van der Waals surface area contributed by atoms with Crippen LogP contribution < -0.4 is 0 Å². The Hall–Kier alpha value is -9.51. The van der Waals surface area contributed by atoms with E-state index in [9.17, 15) is 0 Å². The number of para-hydroxylation sites is 1. The molecule has 4 heteroatoms. The number of hydrogen-bond acceptors (Lipinski definition) is 3. The van der Waals surface area contributed by atoms with Gasteiger partial charge in [0, 0.05) is 44.0 Å². The summed E-state index contributed by atoms with van der Waals surface area (Å²) in [5.74, 6) is 1.85. The molecule has 0 spiro atoms. The van der Waals surface area contributed by atoms with Gasteiger partial charge in [-0.1, -0.05) is 214 Å². The first-order valence-electron chi connectivity index (χ1n) is 25.5. The summed E-state index contributed by atoms with van der Waals surface area (Å²) in [6.07, 6.45) is 0. The minimum Gasteiger partial charge on any atom is -0.308 e. The first-order chi connectivity index (χ1) is 36.4. The molecule has 1 aliphatic carbocycles. The normalized spacial score (nSPS) is 12.8. The Labute approximate surface area is 429 Å². The number of nitrogens with zero attached hydrogens (tertiary/aromatic N) is 4. The molecule has 0 fully saturated rings. The largest absolute Gasteiger partial charge is 0.308 e. The van der Waals surface area contributed by atoms with Gasteiger partial charge in [-0.15, -0.1) is 0 Å². The Kier molecular flexibility index (Phi) is 9.27. The van der Waals surface area contributed by atoms with Crippen molar-refractivity contribution in [3.05, 3.63) is 254 Å². The molecule has 0 atom stereocenters. The molecule has 0 N–H and O–H groups in total. The van der Waals surface area contributed by atoms with Gasteiger partial charge in [0.05, 0.1) is 16.7 Å². The Morgan fingerprint density at radius 1 is 0.311 bits per heavy atom. The van der Waals surface area contributed by atoms with E-state index >= 15 is 0 Å². The van der Waals surface area contributed by atoms with Crippen molar-refractivity contribution in [2.24, 2.45) is 0 Å². The van der Waals surface area contributed by atoms with E-state index in [2.05, 4.69) is 261 Å². The van der Waals surface area contributed by atoms with Crippen LogP contribution in [0.3, 0.4) is 0 Å².